The molecule has 0 aliphatic rings. The summed E-state index contributed by atoms with van der Waals surface area (Å²) < 4.78 is 44.9. The molecular weight excluding hydrogens is 407 g/mol. The van der Waals surface area contributed by atoms with Gasteiger partial charge in [-0.25, -0.2) is 17.5 Å². The molecule has 1 heterocycles. The van der Waals surface area contributed by atoms with Crippen LogP contribution in [0, 0.1) is 5.82 Å². The second-order valence-electron chi connectivity index (χ2n) is 5.47. The lowest BCUT2D eigenvalue weighted by atomic mass is 10.3. The van der Waals surface area contributed by atoms with Gasteiger partial charge in [0, 0.05) is 5.69 Å². The van der Waals surface area contributed by atoms with Gasteiger partial charge in [0.2, 0.25) is 15.0 Å². The highest BCUT2D eigenvalue weighted by molar-refractivity contribution is 7.89. The number of hydrogen-bond donors (Lipinski definition) is 2. The van der Waals surface area contributed by atoms with E-state index < -0.39 is 21.7 Å². The van der Waals surface area contributed by atoms with Crippen molar-refractivity contribution in [3.63, 3.8) is 0 Å². The maximum Gasteiger partial charge on any atom is 0.286 e. The molecule has 8 nitrogen and oxygen atoms in total. The third-order valence-electron chi connectivity index (χ3n) is 3.53. The van der Waals surface area contributed by atoms with Crippen molar-refractivity contribution < 1.29 is 22.3 Å². The van der Waals surface area contributed by atoms with Crippen LogP contribution in [0.1, 0.15) is 14.8 Å². The largest absolute Gasteiger partial charge is 0.497 e. The van der Waals surface area contributed by atoms with E-state index in [2.05, 4.69) is 20.2 Å². The fraction of sp³-hybridized carbons (Fsp3) is 0.118. The van der Waals surface area contributed by atoms with Gasteiger partial charge in [0.05, 0.1) is 18.6 Å². The zero-order valence-corrected chi connectivity index (χ0v) is 16.2. The lowest BCUT2D eigenvalue weighted by Crippen LogP contribution is -2.23. The Morgan fingerprint density at radius 3 is 2.61 bits per heavy atom. The molecule has 0 radical (unpaired) electrons. The van der Waals surface area contributed by atoms with E-state index in [-0.39, 0.29) is 16.4 Å². The average Bonchev–Trinajstić information content (AvgIpc) is 3.16. The molecule has 1 aromatic heterocycles. The summed E-state index contributed by atoms with van der Waals surface area (Å²) in [5.41, 5.74) is 0.550. The Kier molecular flexibility index (Phi) is 5.97. The molecule has 1 amide bonds. The molecule has 0 fully saturated rings. The monoisotopic (exact) mass is 422 g/mol. The van der Waals surface area contributed by atoms with E-state index in [1.807, 2.05) is 0 Å². The van der Waals surface area contributed by atoms with Gasteiger partial charge in [-0.05, 0) is 42.5 Å². The number of nitrogens with zero attached hydrogens (tertiary/aromatic N) is 2. The van der Waals surface area contributed by atoms with E-state index in [9.17, 15) is 17.6 Å². The van der Waals surface area contributed by atoms with Crippen LogP contribution in [0.15, 0.2) is 53.4 Å². The van der Waals surface area contributed by atoms with Crippen LogP contribution in [0.4, 0.5) is 10.1 Å². The van der Waals surface area contributed by atoms with E-state index in [0.29, 0.717) is 16.4 Å². The van der Waals surface area contributed by atoms with Crippen LogP contribution in [0.2, 0.25) is 0 Å². The minimum atomic E-state index is -3.91. The number of halogens is 1. The lowest BCUT2D eigenvalue weighted by molar-refractivity contribution is 0.102. The Morgan fingerprint density at radius 1 is 1.18 bits per heavy atom. The molecule has 2 N–H and O–H groups in total. The second-order valence-corrected chi connectivity index (χ2v) is 8.29. The van der Waals surface area contributed by atoms with E-state index in [1.54, 1.807) is 31.4 Å². The first-order valence-electron chi connectivity index (χ1n) is 7.90. The minimum Gasteiger partial charge on any atom is -0.497 e. The summed E-state index contributed by atoms with van der Waals surface area (Å²) in [6, 6.07) is 11.4. The Bertz CT molecular complexity index is 1080. The molecule has 3 rings (SSSR count). The fourth-order valence-electron chi connectivity index (χ4n) is 2.15. The number of hydrogen-bond acceptors (Lipinski definition) is 7. The Morgan fingerprint density at radius 2 is 1.93 bits per heavy atom. The van der Waals surface area contributed by atoms with Crippen LogP contribution >= 0.6 is 11.3 Å². The van der Waals surface area contributed by atoms with Gasteiger partial charge in [-0.15, -0.1) is 10.2 Å². The maximum absolute atomic E-state index is 13.2. The summed E-state index contributed by atoms with van der Waals surface area (Å²) in [6.45, 7) is -0.174. The number of sulfonamides is 1. The normalized spacial score (nSPS) is 11.2. The predicted octanol–water partition coefficient (Wildman–Crippen LogP) is 2.42. The summed E-state index contributed by atoms with van der Waals surface area (Å²) >= 11 is 0.947. The number of benzene rings is 2. The topological polar surface area (TPSA) is 110 Å². The quantitative estimate of drug-likeness (QED) is 0.605. The van der Waals surface area contributed by atoms with Crippen molar-refractivity contribution in [2.24, 2.45) is 0 Å². The van der Waals surface area contributed by atoms with Gasteiger partial charge in [0.1, 0.15) is 16.6 Å². The van der Waals surface area contributed by atoms with Crippen LogP contribution in [0.25, 0.3) is 0 Å². The summed E-state index contributed by atoms with van der Waals surface area (Å²) in [5, 5.41) is 10.6. The molecule has 0 saturated carbocycles. The highest BCUT2D eigenvalue weighted by Crippen LogP contribution is 2.18. The molecule has 2 aromatic carbocycles. The summed E-state index contributed by atoms with van der Waals surface area (Å²) in [7, 11) is -2.37. The summed E-state index contributed by atoms with van der Waals surface area (Å²) in [6.07, 6.45) is 0. The highest BCUT2D eigenvalue weighted by Gasteiger charge is 2.17. The van der Waals surface area contributed by atoms with Crippen molar-refractivity contribution in [2.45, 2.75) is 11.4 Å². The summed E-state index contributed by atoms with van der Waals surface area (Å²) in [5.74, 6) is -0.472. The van der Waals surface area contributed by atoms with Crippen molar-refractivity contribution in [1.29, 1.82) is 0 Å². The molecule has 0 bridgehead atoms. The Labute approximate surface area is 164 Å². The van der Waals surface area contributed by atoms with Gasteiger partial charge in [-0.2, -0.15) is 0 Å². The van der Waals surface area contributed by atoms with Gasteiger partial charge < -0.3 is 10.1 Å². The Balaban J connectivity index is 1.62. The first-order chi connectivity index (χ1) is 13.4. The van der Waals surface area contributed by atoms with Crippen LogP contribution < -0.4 is 14.8 Å². The smallest absolute Gasteiger partial charge is 0.286 e. The van der Waals surface area contributed by atoms with Crippen molar-refractivity contribution in [2.75, 3.05) is 12.4 Å². The molecule has 146 valence electrons. The highest BCUT2D eigenvalue weighted by atomic mass is 32.2. The first-order valence-corrected chi connectivity index (χ1v) is 10.2. The van der Waals surface area contributed by atoms with Gasteiger partial charge in [0.25, 0.3) is 5.91 Å². The molecule has 0 atom stereocenters. The molecule has 0 unspecified atom stereocenters. The van der Waals surface area contributed by atoms with Crippen LogP contribution in [-0.2, 0) is 16.6 Å². The lowest BCUT2D eigenvalue weighted by Gasteiger charge is -2.05. The van der Waals surface area contributed by atoms with Crippen molar-refractivity contribution >= 4 is 33.0 Å². The SMILES string of the molecule is COc1ccc(NC(=O)c2nnc(CNS(=O)(=O)c3cccc(F)c3)s2)cc1. The van der Waals surface area contributed by atoms with E-state index in [1.165, 1.54) is 12.1 Å². The average molecular weight is 422 g/mol. The number of nitrogens with one attached hydrogen (secondary N) is 2. The van der Waals surface area contributed by atoms with Gasteiger partial charge in [0.15, 0.2) is 0 Å². The third kappa shape index (κ3) is 4.88. The van der Waals surface area contributed by atoms with Crippen molar-refractivity contribution in [3.05, 3.63) is 64.4 Å². The van der Waals surface area contributed by atoms with E-state index in [0.717, 1.165) is 23.5 Å². The number of carbonyl (C=O) groups excluding carboxylic acids is 1. The third-order valence-corrected chi connectivity index (χ3v) is 5.85. The van der Waals surface area contributed by atoms with Gasteiger partial charge >= 0.3 is 0 Å². The fourth-order valence-corrected chi connectivity index (χ4v) is 3.93. The number of anilines is 1. The molecule has 0 saturated heterocycles. The number of ether oxygens (including phenoxy) is 1. The van der Waals surface area contributed by atoms with E-state index in [4.69, 9.17) is 4.74 Å². The molecule has 0 aliphatic heterocycles. The summed E-state index contributed by atoms with van der Waals surface area (Å²) in [4.78, 5) is 12.0. The number of rotatable bonds is 7. The van der Waals surface area contributed by atoms with Gasteiger partial charge in [-0.1, -0.05) is 17.4 Å². The maximum atomic E-state index is 13.2. The molecular formula is C17H15FN4O4S2. The molecule has 3 aromatic rings. The van der Waals surface area contributed by atoms with Gasteiger partial charge in [-0.3, -0.25) is 4.79 Å². The number of amides is 1. The Hall–Kier alpha value is -2.89. The molecule has 0 spiro atoms. The van der Waals surface area contributed by atoms with Crippen LogP contribution in [-0.4, -0.2) is 31.6 Å². The van der Waals surface area contributed by atoms with Crippen molar-refractivity contribution in [3.8, 4) is 5.75 Å². The zero-order valence-electron chi connectivity index (χ0n) is 14.5. The molecule has 0 aliphatic carbocycles. The first kappa shape index (κ1) is 19.9. The van der Waals surface area contributed by atoms with Crippen molar-refractivity contribution in [1.82, 2.24) is 14.9 Å². The number of aromatic nitrogens is 2. The standard InChI is InChI=1S/C17H15FN4O4S2/c1-26-13-7-5-12(6-8-13)20-16(23)17-22-21-15(27-17)10-19-28(24,25)14-4-2-3-11(18)9-14/h2-9,19H,10H2,1H3,(H,20,23). The number of carbonyl (C=O) groups is 1. The molecule has 28 heavy (non-hydrogen) atoms. The minimum absolute atomic E-state index is 0.0794. The predicted molar refractivity (Wildman–Crippen MR) is 101 cm³/mol. The second kappa shape index (κ2) is 8.42. The van der Waals surface area contributed by atoms with Crippen LogP contribution in [0.5, 0.6) is 5.75 Å². The molecule has 11 heteroatoms. The zero-order chi connectivity index (χ0) is 20.1. The van der Waals surface area contributed by atoms with E-state index >= 15 is 0 Å². The van der Waals surface area contributed by atoms with Crippen LogP contribution in [0.3, 0.4) is 0 Å². The number of methoxy groups -OCH3 is 1.